The highest BCUT2D eigenvalue weighted by Gasteiger charge is 2.53. The van der Waals surface area contributed by atoms with E-state index in [2.05, 4.69) is 16.1 Å². The van der Waals surface area contributed by atoms with Crippen molar-refractivity contribution in [2.24, 2.45) is 11.8 Å². The summed E-state index contributed by atoms with van der Waals surface area (Å²) in [5.41, 5.74) is 4.26. The second-order valence-corrected chi connectivity index (χ2v) is 8.09. The molecule has 4 N–H and O–H groups in total. The summed E-state index contributed by atoms with van der Waals surface area (Å²) in [6.45, 7) is -0.166. The highest BCUT2D eigenvalue weighted by atomic mass is 19.3. The van der Waals surface area contributed by atoms with E-state index in [-0.39, 0.29) is 36.6 Å². The fourth-order valence-corrected chi connectivity index (χ4v) is 4.29. The van der Waals surface area contributed by atoms with Crippen LogP contribution in [0.15, 0.2) is 24.3 Å². The number of halogens is 2. The summed E-state index contributed by atoms with van der Waals surface area (Å²) in [5.74, 6) is -0.172. The van der Waals surface area contributed by atoms with Crippen LogP contribution in [0.25, 0.3) is 0 Å². The van der Waals surface area contributed by atoms with Crippen molar-refractivity contribution >= 4 is 5.91 Å². The molecule has 4 unspecified atom stereocenters. The number of benzene rings is 1. The second-order valence-electron chi connectivity index (χ2n) is 8.09. The number of aliphatic hydroxyl groups excluding tert-OH is 1. The number of fused-ring (bicyclic) bond motifs is 1. The number of rotatable bonds is 6. The summed E-state index contributed by atoms with van der Waals surface area (Å²) in [4.78, 5) is 14.6. The second kappa shape index (κ2) is 7.64. The Kier molecular flexibility index (Phi) is 5.36. The van der Waals surface area contributed by atoms with E-state index in [1.807, 2.05) is 24.0 Å². The number of amides is 1. The molecule has 1 saturated carbocycles. The van der Waals surface area contributed by atoms with Crippen molar-refractivity contribution in [2.45, 2.75) is 43.8 Å². The number of hydrazine groups is 1. The molecule has 1 amide bonds. The van der Waals surface area contributed by atoms with Crippen LogP contribution in [0.3, 0.4) is 0 Å². The minimum atomic E-state index is -2.49. The summed E-state index contributed by atoms with van der Waals surface area (Å²) in [7, 11) is 3.74. The van der Waals surface area contributed by atoms with Gasteiger partial charge in [0, 0.05) is 5.56 Å². The van der Waals surface area contributed by atoms with Crippen molar-refractivity contribution in [1.82, 2.24) is 26.0 Å². The first kappa shape index (κ1) is 19.7. The van der Waals surface area contributed by atoms with Crippen molar-refractivity contribution in [1.29, 1.82) is 0 Å². The van der Waals surface area contributed by atoms with Crippen molar-refractivity contribution in [3.05, 3.63) is 35.4 Å². The number of carbonyl (C=O) groups excluding carboxylic acids is 1. The lowest BCUT2D eigenvalue weighted by molar-refractivity contribution is -0.134. The average molecular weight is 395 g/mol. The Morgan fingerprint density at radius 2 is 1.86 bits per heavy atom. The van der Waals surface area contributed by atoms with E-state index in [0.29, 0.717) is 5.92 Å². The number of alkyl halides is 2. The van der Waals surface area contributed by atoms with E-state index >= 15 is 0 Å². The molecular weight excluding hydrogens is 368 g/mol. The van der Waals surface area contributed by atoms with E-state index in [4.69, 9.17) is 0 Å². The zero-order chi connectivity index (χ0) is 20.0. The third kappa shape index (κ3) is 3.53. The molecule has 2 aliphatic heterocycles. The molecule has 7 nitrogen and oxygen atoms in total. The van der Waals surface area contributed by atoms with Gasteiger partial charge in [0.15, 0.2) is 0 Å². The Bertz CT molecular complexity index is 713. The van der Waals surface area contributed by atoms with Crippen LogP contribution in [0.2, 0.25) is 0 Å². The molecule has 5 atom stereocenters. The van der Waals surface area contributed by atoms with Crippen LogP contribution in [0.5, 0.6) is 0 Å². The van der Waals surface area contributed by atoms with Crippen LogP contribution in [-0.4, -0.2) is 60.1 Å². The smallest absolute Gasteiger partial charge is 0.263 e. The monoisotopic (exact) mass is 395 g/mol. The van der Waals surface area contributed by atoms with Crippen LogP contribution in [-0.2, 0) is 4.79 Å². The minimum Gasteiger partial charge on any atom is -0.395 e. The Labute approximate surface area is 163 Å². The van der Waals surface area contributed by atoms with Crippen molar-refractivity contribution in [2.75, 3.05) is 20.7 Å². The Hall–Kier alpha value is -1.65. The summed E-state index contributed by atoms with van der Waals surface area (Å²) in [6, 6.07) is 5.98. The van der Waals surface area contributed by atoms with Crippen molar-refractivity contribution < 1.29 is 18.7 Å². The zero-order valence-electron chi connectivity index (χ0n) is 16.0. The third-order valence-electron chi connectivity index (χ3n) is 5.91. The molecule has 1 aliphatic carbocycles. The van der Waals surface area contributed by atoms with E-state index in [1.54, 1.807) is 12.1 Å². The topological polar surface area (TPSA) is 79.9 Å². The maximum Gasteiger partial charge on any atom is 0.263 e. The average Bonchev–Trinajstić information content (AvgIpc) is 3.43. The number of nitrogens with one attached hydrogen (secondary N) is 3. The van der Waals surface area contributed by atoms with Crippen molar-refractivity contribution in [3.8, 4) is 0 Å². The zero-order valence-corrected chi connectivity index (χ0v) is 16.0. The number of nitrogens with zero attached hydrogens (tertiary/aromatic N) is 2. The number of aliphatic hydroxyl groups is 1. The SMILES string of the molecule is CN(C)C1NC(=O)C2C(CO)NN([C@H](c3ccc(C(F)F)cc3)C3CC3)C2N1. The molecule has 0 aromatic heterocycles. The molecule has 2 saturated heterocycles. The van der Waals surface area contributed by atoms with Gasteiger partial charge in [-0.1, -0.05) is 24.3 Å². The van der Waals surface area contributed by atoms with Crippen LogP contribution >= 0.6 is 0 Å². The lowest BCUT2D eigenvalue weighted by Gasteiger charge is -2.42. The first-order valence-electron chi connectivity index (χ1n) is 9.67. The molecule has 1 aromatic carbocycles. The first-order chi connectivity index (χ1) is 13.4. The number of hydrogen-bond donors (Lipinski definition) is 4. The minimum absolute atomic E-state index is 0.00151. The quantitative estimate of drug-likeness (QED) is 0.570. The van der Waals surface area contributed by atoms with Gasteiger partial charge in [-0.05, 0) is 38.4 Å². The maximum absolute atomic E-state index is 12.9. The van der Waals surface area contributed by atoms with E-state index in [1.165, 1.54) is 12.1 Å². The Balaban J connectivity index is 1.65. The Morgan fingerprint density at radius 1 is 1.21 bits per heavy atom. The lowest BCUT2D eigenvalue weighted by Crippen LogP contribution is -2.68. The molecule has 2 heterocycles. The predicted octanol–water partition coefficient (Wildman–Crippen LogP) is 0.763. The summed E-state index contributed by atoms with van der Waals surface area (Å²) in [5, 5.41) is 18.2. The normalized spacial score (nSPS) is 31.9. The van der Waals surface area contributed by atoms with Gasteiger partial charge in [-0.25, -0.2) is 19.2 Å². The van der Waals surface area contributed by atoms with Crippen LogP contribution in [0.1, 0.15) is 36.4 Å². The summed E-state index contributed by atoms with van der Waals surface area (Å²) < 4.78 is 25.9. The van der Waals surface area contributed by atoms with Gasteiger partial charge in [0.25, 0.3) is 6.43 Å². The number of carbonyl (C=O) groups is 1. The first-order valence-corrected chi connectivity index (χ1v) is 9.67. The third-order valence-corrected chi connectivity index (χ3v) is 5.91. The molecule has 0 spiro atoms. The van der Waals surface area contributed by atoms with Gasteiger partial charge in [-0.15, -0.1) is 0 Å². The van der Waals surface area contributed by atoms with Gasteiger partial charge in [0.05, 0.1) is 30.8 Å². The molecule has 3 fully saturated rings. The van der Waals surface area contributed by atoms with E-state index in [9.17, 15) is 18.7 Å². The molecule has 3 aliphatic rings. The molecule has 9 heteroatoms. The molecule has 4 rings (SSSR count). The van der Waals surface area contributed by atoms with Gasteiger partial charge < -0.3 is 10.4 Å². The van der Waals surface area contributed by atoms with Gasteiger partial charge in [0.2, 0.25) is 5.91 Å². The predicted molar refractivity (Wildman–Crippen MR) is 98.7 cm³/mol. The molecule has 0 radical (unpaired) electrons. The fourth-order valence-electron chi connectivity index (χ4n) is 4.29. The standard InChI is InChI=1S/C19H27F2N5O2/c1-25(2)19-22-17-14(18(28)23-19)13(9-27)24-26(17)15(10-3-4-10)11-5-7-12(8-6-11)16(20)21/h5-8,10,13-17,19,22,24,27H,3-4,9H2,1-2H3,(H,23,28)/t13?,14?,15-,17?,19?/m0/s1. The lowest BCUT2D eigenvalue weighted by atomic mass is 9.94. The molecule has 154 valence electrons. The van der Waals surface area contributed by atoms with E-state index < -0.39 is 18.4 Å². The van der Waals surface area contributed by atoms with Crippen LogP contribution in [0.4, 0.5) is 8.78 Å². The van der Waals surface area contributed by atoms with Gasteiger partial charge in [0.1, 0.15) is 6.29 Å². The highest BCUT2D eigenvalue weighted by molar-refractivity contribution is 5.81. The van der Waals surface area contributed by atoms with Crippen molar-refractivity contribution in [3.63, 3.8) is 0 Å². The van der Waals surface area contributed by atoms with Gasteiger partial charge in [-0.3, -0.25) is 15.0 Å². The largest absolute Gasteiger partial charge is 0.395 e. The van der Waals surface area contributed by atoms with Crippen LogP contribution in [0, 0.1) is 11.8 Å². The molecular formula is C19H27F2N5O2. The fraction of sp³-hybridized carbons (Fsp3) is 0.632. The molecule has 1 aromatic rings. The summed E-state index contributed by atoms with van der Waals surface area (Å²) >= 11 is 0. The van der Waals surface area contributed by atoms with Gasteiger partial charge >= 0.3 is 0 Å². The molecule has 0 bridgehead atoms. The maximum atomic E-state index is 12.9. The molecule has 28 heavy (non-hydrogen) atoms. The van der Waals surface area contributed by atoms with Gasteiger partial charge in [-0.2, -0.15) is 0 Å². The Morgan fingerprint density at radius 3 is 2.39 bits per heavy atom. The number of hydrogen-bond acceptors (Lipinski definition) is 6. The van der Waals surface area contributed by atoms with E-state index in [0.717, 1.165) is 18.4 Å². The summed E-state index contributed by atoms with van der Waals surface area (Å²) in [6.07, 6.45) is -1.03. The highest BCUT2D eigenvalue weighted by Crippen LogP contribution is 2.47. The van der Waals surface area contributed by atoms with Crippen LogP contribution < -0.4 is 16.1 Å².